The lowest BCUT2D eigenvalue weighted by molar-refractivity contribution is -0.142. The van der Waals surface area contributed by atoms with E-state index in [2.05, 4.69) is 15.3 Å². The number of carboxylic acids is 1. The summed E-state index contributed by atoms with van der Waals surface area (Å²) in [4.78, 5) is 21.7. The van der Waals surface area contributed by atoms with Gasteiger partial charge in [0.1, 0.15) is 17.5 Å². The maximum absolute atomic E-state index is 12.9. The number of benzene rings is 1. The number of hydrogen-bond acceptors (Lipinski definition) is 5. The average Bonchev–Trinajstić information content (AvgIpc) is 2.61. The molecule has 3 rings (SSSR count). The van der Waals surface area contributed by atoms with Crippen LogP contribution in [-0.4, -0.2) is 34.1 Å². The highest BCUT2D eigenvalue weighted by molar-refractivity contribution is 5.71. The molecule has 0 unspecified atom stereocenters. The Kier molecular flexibility index (Phi) is 5.20. The Morgan fingerprint density at radius 1 is 1.30 bits per heavy atom. The van der Waals surface area contributed by atoms with E-state index >= 15 is 0 Å². The van der Waals surface area contributed by atoms with Gasteiger partial charge >= 0.3 is 12.1 Å². The van der Waals surface area contributed by atoms with Gasteiger partial charge in [0.05, 0.1) is 11.5 Å². The molecule has 2 heterocycles. The minimum atomic E-state index is -4.43. The van der Waals surface area contributed by atoms with Crippen LogP contribution in [0.1, 0.15) is 24.2 Å². The number of carbonyl (C=O) groups is 1. The van der Waals surface area contributed by atoms with E-state index in [0.29, 0.717) is 37.0 Å². The SMILES string of the molecule is Cc1nc(Nc2cccc(C(F)(F)F)c2)cc(N2CCC[C@@H](C(=O)O)C2)n1. The van der Waals surface area contributed by atoms with Gasteiger partial charge in [0.15, 0.2) is 0 Å². The van der Waals surface area contributed by atoms with Gasteiger partial charge in [-0.25, -0.2) is 9.97 Å². The summed E-state index contributed by atoms with van der Waals surface area (Å²) >= 11 is 0. The number of nitrogens with one attached hydrogen (secondary N) is 1. The maximum Gasteiger partial charge on any atom is 0.416 e. The Balaban J connectivity index is 1.83. The van der Waals surface area contributed by atoms with E-state index in [-0.39, 0.29) is 5.69 Å². The van der Waals surface area contributed by atoms with Crippen molar-refractivity contribution < 1.29 is 23.1 Å². The van der Waals surface area contributed by atoms with Gasteiger partial charge in [-0.05, 0) is 38.0 Å². The summed E-state index contributed by atoms with van der Waals surface area (Å²) in [5.41, 5.74) is -0.491. The zero-order valence-electron chi connectivity index (χ0n) is 14.6. The van der Waals surface area contributed by atoms with Gasteiger partial charge in [0, 0.05) is 24.8 Å². The predicted octanol–water partition coefficient (Wildman–Crippen LogP) is 3.85. The van der Waals surface area contributed by atoms with Crippen molar-refractivity contribution in [1.29, 1.82) is 0 Å². The first kappa shape index (κ1) is 18.9. The summed E-state index contributed by atoms with van der Waals surface area (Å²) < 4.78 is 38.6. The van der Waals surface area contributed by atoms with Crippen LogP contribution in [-0.2, 0) is 11.0 Å². The van der Waals surface area contributed by atoms with Crippen molar-refractivity contribution in [2.75, 3.05) is 23.3 Å². The molecule has 0 spiro atoms. The highest BCUT2D eigenvalue weighted by Crippen LogP contribution is 2.31. The maximum atomic E-state index is 12.9. The highest BCUT2D eigenvalue weighted by Gasteiger charge is 2.30. The molecule has 2 N–H and O–H groups in total. The lowest BCUT2D eigenvalue weighted by Crippen LogP contribution is -2.39. The number of aliphatic carboxylic acids is 1. The third-order valence-electron chi connectivity index (χ3n) is 4.38. The predicted molar refractivity (Wildman–Crippen MR) is 94.1 cm³/mol. The monoisotopic (exact) mass is 380 g/mol. The molecule has 1 aliphatic rings. The number of halogens is 3. The summed E-state index contributed by atoms with van der Waals surface area (Å²) in [6, 6.07) is 6.48. The van der Waals surface area contributed by atoms with E-state index in [1.807, 2.05) is 4.90 Å². The molecule has 1 atom stereocenters. The molecule has 0 radical (unpaired) electrons. The number of nitrogens with zero attached hydrogens (tertiary/aromatic N) is 3. The van der Waals surface area contributed by atoms with E-state index in [1.165, 1.54) is 12.1 Å². The average molecular weight is 380 g/mol. The largest absolute Gasteiger partial charge is 0.481 e. The summed E-state index contributed by atoms with van der Waals surface area (Å²) in [7, 11) is 0. The Hall–Kier alpha value is -2.84. The second kappa shape index (κ2) is 7.42. The molecule has 1 aromatic carbocycles. The number of carboxylic acid groups (broad SMARTS) is 1. The third kappa shape index (κ3) is 4.66. The van der Waals surface area contributed by atoms with Crippen molar-refractivity contribution in [3.8, 4) is 0 Å². The van der Waals surface area contributed by atoms with Crippen LogP contribution < -0.4 is 10.2 Å². The van der Waals surface area contributed by atoms with Gasteiger partial charge in [-0.3, -0.25) is 4.79 Å². The molecule has 144 valence electrons. The number of aromatic nitrogens is 2. The normalized spacial score (nSPS) is 17.6. The summed E-state index contributed by atoms with van der Waals surface area (Å²) in [5.74, 6) is 0.0540. The second-order valence-electron chi connectivity index (χ2n) is 6.49. The lowest BCUT2D eigenvalue weighted by Gasteiger charge is -2.31. The van der Waals surface area contributed by atoms with Crippen LogP contribution in [0.2, 0.25) is 0 Å². The number of anilines is 3. The van der Waals surface area contributed by atoms with E-state index in [1.54, 1.807) is 13.0 Å². The first-order valence-electron chi connectivity index (χ1n) is 8.50. The Morgan fingerprint density at radius 3 is 2.78 bits per heavy atom. The summed E-state index contributed by atoms with van der Waals surface area (Å²) in [5, 5.41) is 12.1. The van der Waals surface area contributed by atoms with Crippen molar-refractivity contribution in [3.63, 3.8) is 0 Å². The lowest BCUT2D eigenvalue weighted by atomic mass is 9.98. The highest BCUT2D eigenvalue weighted by atomic mass is 19.4. The Morgan fingerprint density at radius 2 is 2.07 bits per heavy atom. The van der Waals surface area contributed by atoms with Gasteiger partial charge in [-0.15, -0.1) is 0 Å². The molecule has 0 amide bonds. The summed E-state index contributed by atoms with van der Waals surface area (Å²) in [6.45, 7) is 2.69. The van der Waals surface area contributed by atoms with Gasteiger partial charge < -0.3 is 15.3 Å². The number of alkyl halides is 3. The van der Waals surface area contributed by atoms with Gasteiger partial charge in [0.25, 0.3) is 0 Å². The number of rotatable bonds is 4. The van der Waals surface area contributed by atoms with Crippen LogP contribution in [0.25, 0.3) is 0 Å². The van der Waals surface area contributed by atoms with Crippen LogP contribution in [0, 0.1) is 12.8 Å². The molecular weight excluding hydrogens is 361 g/mol. The molecule has 0 aliphatic carbocycles. The molecular formula is C18H19F3N4O2. The fourth-order valence-electron chi connectivity index (χ4n) is 3.09. The first-order chi connectivity index (χ1) is 12.7. The zero-order chi connectivity index (χ0) is 19.6. The van der Waals surface area contributed by atoms with E-state index in [4.69, 9.17) is 0 Å². The fourth-order valence-corrected chi connectivity index (χ4v) is 3.09. The minimum absolute atomic E-state index is 0.260. The molecule has 1 fully saturated rings. The van der Waals surface area contributed by atoms with Crippen LogP contribution in [0.5, 0.6) is 0 Å². The van der Waals surface area contributed by atoms with Crippen LogP contribution in [0.15, 0.2) is 30.3 Å². The quantitative estimate of drug-likeness (QED) is 0.839. The van der Waals surface area contributed by atoms with Crippen molar-refractivity contribution in [1.82, 2.24) is 9.97 Å². The fraction of sp³-hybridized carbons (Fsp3) is 0.389. The molecule has 9 heteroatoms. The molecule has 27 heavy (non-hydrogen) atoms. The molecule has 1 aromatic heterocycles. The molecule has 1 aliphatic heterocycles. The van der Waals surface area contributed by atoms with Gasteiger partial charge in [-0.1, -0.05) is 6.07 Å². The topological polar surface area (TPSA) is 78.4 Å². The van der Waals surface area contributed by atoms with Crippen LogP contribution >= 0.6 is 0 Å². The smallest absolute Gasteiger partial charge is 0.416 e. The third-order valence-corrected chi connectivity index (χ3v) is 4.38. The number of aryl methyl sites for hydroxylation is 1. The van der Waals surface area contributed by atoms with Crippen molar-refractivity contribution in [3.05, 3.63) is 41.7 Å². The second-order valence-corrected chi connectivity index (χ2v) is 6.49. The number of piperidine rings is 1. The van der Waals surface area contributed by atoms with Gasteiger partial charge in [-0.2, -0.15) is 13.2 Å². The molecule has 0 saturated carbocycles. The first-order valence-corrected chi connectivity index (χ1v) is 8.50. The summed E-state index contributed by atoms with van der Waals surface area (Å²) in [6.07, 6.45) is -3.08. The van der Waals surface area contributed by atoms with Crippen LogP contribution in [0.4, 0.5) is 30.5 Å². The number of hydrogen-bond donors (Lipinski definition) is 2. The minimum Gasteiger partial charge on any atom is -0.481 e. The van der Waals surface area contributed by atoms with Gasteiger partial charge in [0.2, 0.25) is 0 Å². The Labute approximate surface area is 154 Å². The standard InChI is InChI=1S/C18H19F3N4O2/c1-11-22-15(24-14-6-2-5-13(8-14)18(19,20)21)9-16(23-11)25-7-3-4-12(10-25)17(26)27/h2,5-6,8-9,12H,3-4,7,10H2,1H3,(H,26,27)(H,22,23,24)/t12-/m1/s1. The van der Waals surface area contributed by atoms with Crippen molar-refractivity contribution in [2.45, 2.75) is 25.9 Å². The molecule has 0 bridgehead atoms. The molecule has 1 saturated heterocycles. The Bertz CT molecular complexity index is 842. The molecule has 6 nitrogen and oxygen atoms in total. The van der Waals surface area contributed by atoms with Crippen molar-refractivity contribution in [2.24, 2.45) is 5.92 Å². The molecule has 2 aromatic rings. The van der Waals surface area contributed by atoms with Crippen molar-refractivity contribution >= 4 is 23.3 Å². The van der Waals surface area contributed by atoms with E-state index in [9.17, 15) is 23.1 Å². The van der Waals surface area contributed by atoms with E-state index in [0.717, 1.165) is 18.6 Å². The van der Waals surface area contributed by atoms with E-state index < -0.39 is 23.6 Å². The van der Waals surface area contributed by atoms with Crippen LogP contribution in [0.3, 0.4) is 0 Å². The zero-order valence-corrected chi connectivity index (χ0v) is 14.6.